The number of rotatable bonds is 5. The Morgan fingerprint density at radius 1 is 1.43 bits per heavy atom. The second-order valence-electron chi connectivity index (χ2n) is 7.67. The normalized spacial score (nSPS) is 22.5. The van der Waals surface area contributed by atoms with Crippen molar-refractivity contribution in [1.82, 2.24) is 14.7 Å². The summed E-state index contributed by atoms with van der Waals surface area (Å²) in [6.45, 7) is 3.21. The van der Waals surface area contributed by atoms with E-state index in [0.29, 0.717) is 17.5 Å². The van der Waals surface area contributed by atoms with Crippen molar-refractivity contribution in [2.24, 2.45) is 0 Å². The number of fused-ring (bicyclic) bond motifs is 2. The smallest absolute Gasteiger partial charge is 0.149 e. The fourth-order valence-electron chi connectivity index (χ4n) is 3.94. The third-order valence-electron chi connectivity index (χ3n) is 5.47. The maximum Gasteiger partial charge on any atom is 0.149 e. The minimum absolute atomic E-state index is 0.0925. The van der Waals surface area contributed by atoms with Gasteiger partial charge in [-0.1, -0.05) is 11.6 Å². The van der Waals surface area contributed by atoms with Crippen molar-refractivity contribution in [2.75, 3.05) is 31.7 Å². The highest BCUT2D eigenvalue weighted by Crippen LogP contribution is 2.49. The fourth-order valence-corrected chi connectivity index (χ4v) is 5.95. The van der Waals surface area contributed by atoms with Gasteiger partial charge in [0.1, 0.15) is 21.5 Å². The van der Waals surface area contributed by atoms with Crippen molar-refractivity contribution in [2.45, 2.75) is 37.6 Å². The molecule has 2 aromatic heterocycles. The summed E-state index contributed by atoms with van der Waals surface area (Å²) in [5.41, 5.74) is 1.65. The van der Waals surface area contributed by atoms with E-state index in [9.17, 15) is 13.5 Å². The van der Waals surface area contributed by atoms with E-state index in [2.05, 4.69) is 10.00 Å². The Kier molecular flexibility index (Phi) is 5.58. The van der Waals surface area contributed by atoms with E-state index in [1.54, 1.807) is 10.9 Å². The molecule has 2 aromatic rings. The Bertz CT molecular complexity index is 948. The number of halogens is 1. The Balaban J connectivity index is 1.38. The van der Waals surface area contributed by atoms with Crippen molar-refractivity contribution in [3.63, 3.8) is 0 Å². The van der Waals surface area contributed by atoms with Gasteiger partial charge in [-0.05, 0) is 18.9 Å². The van der Waals surface area contributed by atoms with Gasteiger partial charge in [0.15, 0.2) is 0 Å². The molecule has 0 radical (unpaired) electrons. The lowest BCUT2D eigenvalue weighted by atomic mass is 9.84. The molecule has 2 aliphatic rings. The summed E-state index contributed by atoms with van der Waals surface area (Å²) in [4.78, 5) is 3.43. The molecule has 4 heterocycles. The van der Waals surface area contributed by atoms with Crippen LogP contribution in [0.4, 0.5) is 0 Å². The Morgan fingerprint density at radius 3 is 2.89 bits per heavy atom. The van der Waals surface area contributed by atoms with E-state index in [1.165, 1.54) is 17.6 Å². The number of likely N-dealkylation sites (tertiary alicyclic amines) is 1. The number of hydrogen-bond acceptors (Lipinski definition) is 7. The summed E-state index contributed by atoms with van der Waals surface area (Å²) < 4.78 is 31.1. The van der Waals surface area contributed by atoms with Crippen LogP contribution in [0, 0.1) is 0 Å². The third kappa shape index (κ3) is 4.29. The van der Waals surface area contributed by atoms with Gasteiger partial charge in [0.25, 0.3) is 0 Å². The Labute approximate surface area is 173 Å². The number of nitrogens with zero attached hydrogens (tertiary/aromatic N) is 3. The van der Waals surface area contributed by atoms with Crippen LogP contribution in [0.25, 0.3) is 0 Å². The highest BCUT2D eigenvalue weighted by molar-refractivity contribution is 7.90. The first-order valence-electron chi connectivity index (χ1n) is 9.27. The Hall–Kier alpha value is -0.970. The molecule has 28 heavy (non-hydrogen) atoms. The molecule has 0 saturated carbocycles. The van der Waals surface area contributed by atoms with Crippen LogP contribution >= 0.6 is 22.9 Å². The van der Waals surface area contributed by atoms with E-state index in [-0.39, 0.29) is 11.4 Å². The quantitative estimate of drug-likeness (QED) is 0.759. The highest BCUT2D eigenvalue weighted by atomic mass is 35.5. The molecule has 0 aliphatic carbocycles. The van der Waals surface area contributed by atoms with Crippen molar-refractivity contribution < 1.29 is 18.3 Å². The summed E-state index contributed by atoms with van der Waals surface area (Å²) in [5, 5.41) is 14.5. The number of ether oxygens (including phenoxy) is 1. The molecular formula is C18H24ClN3O4S2. The molecule has 0 amide bonds. The summed E-state index contributed by atoms with van der Waals surface area (Å²) in [6.07, 6.45) is 6.06. The first kappa shape index (κ1) is 20.3. The molecule has 1 unspecified atom stereocenters. The molecule has 4 rings (SSSR count). The van der Waals surface area contributed by atoms with Crippen LogP contribution in [-0.2, 0) is 33.3 Å². The predicted octanol–water partition coefficient (Wildman–Crippen LogP) is 2.20. The molecule has 0 aromatic carbocycles. The summed E-state index contributed by atoms with van der Waals surface area (Å²) >= 11 is 7.72. The van der Waals surface area contributed by atoms with Crippen LogP contribution in [0.15, 0.2) is 18.5 Å². The lowest BCUT2D eigenvalue weighted by Gasteiger charge is -2.44. The van der Waals surface area contributed by atoms with Gasteiger partial charge in [0, 0.05) is 48.1 Å². The molecule has 1 spiro atoms. The maximum absolute atomic E-state index is 11.3. The maximum atomic E-state index is 11.3. The number of piperidine rings is 1. The number of thiophene rings is 1. The minimum Gasteiger partial charge on any atom is -0.386 e. The zero-order valence-electron chi connectivity index (χ0n) is 15.7. The van der Waals surface area contributed by atoms with Crippen molar-refractivity contribution >= 4 is 32.8 Å². The van der Waals surface area contributed by atoms with Crippen LogP contribution in [0.3, 0.4) is 0 Å². The Morgan fingerprint density at radius 2 is 2.18 bits per heavy atom. The van der Waals surface area contributed by atoms with E-state index in [0.717, 1.165) is 48.5 Å². The van der Waals surface area contributed by atoms with Gasteiger partial charge in [0.2, 0.25) is 0 Å². The van der Waals surface area contributed by atoms with E-state index >= 15 is 0 Å². The lowest BCUT2D eigenvalue weighted by molar-refractivity contribution is -0.129. The van der Waals surface area contributed by atoms with Crippen LogP contribution in [0.5, 0.6) is 0 Å². The molecule has 7 nitrogen and oxygen atoms in total. The average molecular weight is 446 g/mol. The molecule has 1 fully saturated rings. The minimum atomic E-state index is -2.99. The van der Waals surface area contributed by atoms with Gasteiger partial charge in [-0.15, -0.1) is 11.3 Å². The molecule has 2 aliphatic heterocycles. The first-order chi connectivity index (χ1) is 13.2. The largest absolute Gasteiger partial charge is 0.386 e. The van der Waals surface area contributed by atoms with Crippen molar-refractivity contribution in [3.8, 4) is 0 Å². The highest BCUT2D eigenvalue weighted by Gasteiger charge is 2.44. The summed E-state index contributed by atoms with van der Waals surface area (Å²) in [7, 11) is -2.99. The van der Waals surface area contributed by atoms with Crippen LogP contribution < -0.4 is 0 Å². The lowest BCUT2D eigenvalue weighted by Crippen LogP contribution is -2.46. The summed E-state index contributed by atoms with van der Waals surface area (Å²) in [6, 6.07) is 1.87. The van der Waals surface area contributed by atoms with Gasteiger partial charge in [-0.25, -0.2) is 8.42 Å². The zero-order chi connectivity index (χ0) is 19.9. The second-order valence-corrected chi connectivity index (χ2v) is 11.6. The number of hydrogen-bond donors (Lipinski definition) is 1. The standard InChI is InChI=1S/C18H24ClN3O4S2/c1-28(24,25)7-6-22-11-13(9-20-22)10-21-4-2-18(3-5-21)17-14(8-16(19)27-17)15(23)12-26-18/h8-9,11,15,23H,2-7,10,12H2,1H3. The van der Waals surface area contributed by atoms with Crippen molar-refractivity contribution in [1.29, 1.82) is 0 Å². The van der Waals surface area contributed by atoms with Gasteiger partial charge >= 0.3 is 0 Å². The van der Waals surface area contributed by atoms with Crippen molar-refractivity contribution in [3.05, 3.63) is 38.8 Å². The van der Waals surface area contributed by atoms with E-state index in [4.69, 9.17) is 16.3 Å². The number of aliphatic hydroxyl groups is 1. The van der Waals surface area contributed by atoms with E-state index < -0.39 is 15.9 Å². The van der Waals surface area contributed by atoms with E-state index in [1.807, 2.05) is 12.3 Å². The number of sulfone groups is 1. The predicted molar refractivity (Wildman–Crippen MR) is 108 cm³/mol. The summed E-state index contributed by atoms with van der Waals surface area (Å²) in [5.74, 6) is 0.0925. The van der Waals surface area contributed by atoms with Gasteiger partial charge < -0.3 is 9.84 Å². The molecule has 0 bridgehead atoms. The molecule has 154 valence electrons. The van der Waals surface area contributed by atoms with Gasteiger partial charge in [-0.3, -0.25) is 9.58 Å². The zero-order valence-corrected chi connectivity index (χ0v) is 18.1. The number of aliphatic hydroxyl groups excluding tert-OH is 1. The van der Waals surface area contributed by atoms with Crippen LogP contribution in [-0.4, -0.2) is 59.9 Å². The molecule has 1 saturated heterocycles. The van der Waals surface area contributed by atoms with Crippen LogP contribution in [0.1, 0.15) is 34.9 Å². The number of aromatic nitrogens is 2. The molecule has 10 heteroatoms. The van der Waals surface area contributed by atoms with Gasteiger partial charge in [-0.2, -0.15) is 5.10 Å². The SMILES string of the molecule is CS(=O)(=O)CCn1cc(CN2CCC3(CC2)OCC(O)c2cc(Cl)sc23)cn1. The topological polar surface area (TPSA) is 84.7 Å². The molecule has 1 N–H and O–H groups in total. The van der Waals surface area contributed by atoms with Crippen LogP contribution in [0.2, 0.25) is 4.34 Å². The second kappa shape index (κ2) is 7.70. The average Bonchev–Trinajstić information content (AvgIpc) is 3.25. The number of aryl methyl sites for hydroxylation is 1. The first-order valence-corrected chi connectivity index (χ1v) is 12.5. The fraction of sp³-hybridized carbons (Fsp3) is 0.611. The molecular weight excluding hydrogens is 422 g/mol. The van der Waals surface area contributed by atoms with Gasteiger partial charge in [0.05, 0.1) is 29.4 Å². The molecule has 1 atom stereocenters. The monoisotopic (exact) mass is 445 g/mol. The third-order valence-corrected chi connectivity index (χ3v) is 7.86.